The van der Waals surface area contributed by atoms with Crippen LogP contribution in [0, 0.1) is 0 Å². The Labute approximate surface area is 94.6 Å². The van der Waals surface area contributed by atoms with Gasteiger partial charge in [0, 0.05) is 12.4 Å². The summed E-state index contributed by atoms with van der Waals surface area (Å²) in [4.78, 5) is 0. The van der Waals surface area contributed by atoms with Gasteiger partial charge in [0.05, 0.1) is 12.6 Å². The Kier molecular flexibility index (Phi) is 3.39. The number of hydrogen-bond donors (Lipinski definition) is 2. The summed E-state index contributed by atoms with van der Waals surface area (Å²) in [6.45, 7) is -0.0925. The molecule has 1 aromatic heterocycles. The fourth-order valence-electron chi connectivity index (χ4n) is 1.80. The van der Waals surface area contributed by atoms with Crippen molar-refractivity contribution in [2.24, 2.45) is 0 Å². The van der Waals surface area contributed by atoms with Crippen LogP contribution in [0.5, 0.6) is 0 Å². The first kappa shape index (κ1) is 10.9. The van der Waals surface area contributed by atoms with E-state index in [1.54, 1.807) is 0 Å². The van der Waals surface area contributed by atoms with Crippen LogP contribution in [0.15, 0.2) is 54.9 Å². The molecule has 2 atom stereocenters. The summed E-state index contributed by atoms with van der Waals surface area (Å²) in [5.74, 6) is 0. The molecular weight excluding hydrogens is 202 g/mol. The van der Waals surface area contributed by atoms with Gasteiger partial charge in [-0.25, -0.2) is 0 Å². The summed E-state index contributed by atoms with van der Waals surface area (Å²) in [6.07, 6.45) is 2.98. The lowest BCUT2D eigenvalue weighted by atomic mass is 10.0. The van der Waals surface area contributed by atoms with Gasteiger partial charge in [-0.2, -0.15) is 0 Å². The van der Waals surface area contributed by atoms with Gasteiger partial charge in [0.2, 0.25) is 0 Å². The summed E-state index contributed by atoms with van der Waals surface area (Å²) in [7, 11) is 0. The van der Waals surface area contributed by atoms with E-state index >= 15 is 0 Å². The first-order valence-corrected chi connectivity index (χ1v) is 5.29. The van der Waals surface area contributed by atoms with Crippen molar-refractivity contribution in [3.05, 3.63) is 60.4 Å². The Morgan fingerprint density at radius 1 is 1.00 bits per heavy atom. The molecule has 3 nitrogen and oxygen atoms in total. The normalized spacial score (nSPS) is 14.6. The van der Waals surface area contributed by atoms with Crippen molar-refractivity contribution in [2.45, 2.75) is 12.1 Å². The predicted octanol–water partition coefficient (Wildman–Crippen LogP) is 1.76. The third kappa shape index (κ3) is 2.15. The minimum Gasteiger partial charge on any atom is -0.394 e. The largest absolute Gasteiger partial charge is 0.394 e. The predicted molar refractivity (Wildman–Crippen MR) is 62.0 cm³/mol. The summed E-state index contributed by atoms with van der Waals surface area (Å²) in [6, 6.07) is 12.8. The van der Waals surface area contributed by atoms with E-state index in [0.29, 0.717) is 0 Å². The molecule has 0 saturated heterocycles. The van der Waals surface area contributed by atoms with Crippen LogP contribution in [0.4, 0.5) is 0 Å². The minimum absolute atomic E-state index is 0.0925. The lowest BCUT2D eigenvalue weighted by Crippen LogP contribution is -2.20. The lowest BCUT2D eigenvalue weighted by molar-refractivity contribution is 0.0731. The monoisotopic (exact) mass is 217 g/mol. The smallest absolute Gasteiger partial charge is 0.102 e. The highest BCUT2D eigenvalue weighted by molar-refractivity contribution is 5.18. The van der Waals surface area contributed by atoms with Gasteiger partial charge in [0.1, 0.15) is 6.10 Å². The number of rotatable bonds is 4. The second-order valence-electron chi connectivity index (χ2n) is 3.74. The highest BCUT2D eigenvalue weighted by atomic mass is 16.3. The summed E-state index contributed by atoms with van der Waals surface area (Å²) in [5.41, 5.74) is 0.815. The topological polar surface area (TPSA) is 45.4 Å². The molecule has 0 aliphatic carbocycles. The van der Waals surface area contributed by atoms with Gasteiger partial charge in [-0.3, -0.25) is 0 Å². The van der Waals surface area contributed by atoms with Crippen LogP contribution < -0.4 is 0 Å². The Balaban J connectivity index is 2.23. The average Bonchev–Trinajstić information content (AvgIpc) is 2.85. The Hall–Kier alpha value is -1.58. The van der Waals surface area contributed by atoms with Crippen molar-refractivity contribution in [3.63, 3.8) is 0 Å². The van der Waals surface area contributed by atoms with E-state index < -0.39 is 6.10 Å². The number of benzene rings is 1. The molecule has 16 heavy (non-hydrogen) atoms. The van der Waals surface area contributed by atoms with E-state index in [4.69, 9.17) is 0 Å². The zero-order valence-electron chi connectivity index (χ0n) is 8.90. The van der Waals surface area contributed by atoms with Crippen molar-refractivity contribution in [2.75, 3.05) is 6.61 Å². The maximum atomic E-state index is 10.2. The molecule has 0 amide bonds. The second kappa shape index (κ2) is 4.96. The third-order valence-corrected chi connectivity index (χ3v) is 2.70. The summed E-state index contributed by atoms with van der Waals surface area (Å²) in [5, 5.41) is 19.5. The molecule has 1 aromatic carbocycles. The molecule has 2 rings (SSSR count). The molecule has 84 valence electrons. The van der Waals surface area contributed by atoms with Crippen LogP contribution in [0.2, 0.25) is 0 Å². The number of hydrogen-bond acceptors (Lipinski definition) is 2. The molecule has 0 bridgehead atoms. The van der Waals surface area contributed by atoms with E-state index in [0.717, 1.165) is 5.56 Å². The van der Waals surface area contributed by atoms with Gasteiger partial charge >= 0.3 is 0 Å². The third-order valence-electron chi connectivity index (χ3n) is 2.70. The SMILES string of the molecule is OC[C@@H]([C@@H](O)c1ccccc1)n1cccc1. The number of aliphatic hydroxyl groups is 2. The van der Waals surface area contributed by atoms with E-state index in [2.05, 4.69) is 0 Å². The van der Waals surface area contributed by atoms with Gasteiger partial charge in [-0.1, -0.05) is 30.3 Å². The van der Waals surface area contributed by atoms with Crippen molar-refractivity contribution in [1.29, 1.82) is 0 Å². The average molecular weight is 217 g/mol. The molecule has 2 aromatic rings. The van der Waals surface area contributed by atoms with Crippen molar-refractivity contribution < 1.29 is 10.2 Å². The molecule has 0 spiro atoms. The van der Waals surface area contributed by atoms with Crippen LogP contribution in [0.3, 0.4) is 0 Å². The summed E-state index contributed by atoms with van der Waals surface area (Å²) >= 11 is 0. The number of nitrogens with zero attached hydrogens (tertiary/aromatic N) is 1. The van der Waals surface area contributed by atoms with Crippen LogP contribution in [-0.4, -0.2) is 21.4 Å². The van der Waals surface area contributed by atoms with Gasteiger partial charge in [-0.15, -0.1) is 0 Å². The highest BCUT2D eigenvalue weighted by Gasteiger charge is 2.20. The van der Waals surface area contributed by atoms with Crippen LogP contribution in [0.1, 0.15) is 17.7 Å². The molecule has 0 saturated carbocycles. The van der Waals surface area contributed by atoms with Crippen molar-refractivity contribution >= 4 is 0 Å². The fourth-order valence-corrected chi connectivity index (χ4v) is 1.80. The van der Waals surface area contributed by atoms with Crippen LogP contribution in [0.25, 0.3) is 0 Å². The van der Waals surface area contributed by atoms with Gasteiger partial charge < -0.3 is 14.8 Å². The van der Waals surface area contributed by atoms with Crippen molar-refractivity contribution in [1.82, 2.24) is 4.57 Å². The van der Waals surface area contributed by atoms with Crippen LogP contribution in [-0.2, 0) is 0 Å². The quantitative estimate of drug-likeness (QED) is 0.819. The number of aromatic nitrogens is 1. The minimum atomic E-state index is -0.696. The number of aliphatic hydroxyl groups excluding tert-OH is 2. The molecule has 1 heterocycles. The molecule has 2 N–H and O–H groups in total. The molecule has 3 heteroatoms. The van der Waals surface area contributed by atoms with E-state index in [-0.39, 0.29) is 12.6 Å². The fraction of sp³-hybridized carbons (Fsp3) is 0.231. The van der Waals surface area contributed by atoms with E-state index in [9.17, 15) is 10.2 Å². The van der Waals surface area contributed by atoms with Gasteiger partial charge in [0.15, 0.2) is 0 Å². The Morgan fingerprint density at radius 3 is 2.19 bits per heavy atom. The van der Waals surface area contributed by atoms with Gasteiger partial charge in [0.25, 0.3) is 0 Å². The maximum absolute atomic E-state index is 10.2. The molecule has 0 unspecified atom stereocenters. The Morgan fingerprint density at radius 2 is 1.62 bits per heavy atom. The molecule has 0 fully saturated rings. The molecule has 0 aliphatic rings. The maximum Gasteiger partial charge on any atom is 0.102 e. The highest BCUT2D eigenvalue weighted by Crippen LogP contribution is 2.25. The van der Waals surface area contributed by atoms with Crippen LogP contribution >= 0.6 is 0 Å². The Bertz CT molecular complexity index is 411. The zero-order chi connectivity index (χ0) is 11.4. The second-order valence-corrected chi connectivity index (χ2v) is 3.74. The molecule has 0 radical (unpaired) electrons. The van der Waals surface area contributed by atoms with E-state index in [1.165, 1.54) is 0 Å². The standard InChI is InChI=1S/C13H15NO2/c15-10-12(14-8-4-5-9-14)13(16)11-6-2-1-3-7-11/h1-9,12-13,15-16H,10H2/t12-,13-/m0/s1. The first-order chi connectivity index (χ1) is 7.83. The van der Waals surface area contributed by atoms with Crippen molar-refractivity contribution in [3.8, 4) is 0 Å². The summed E-state index contributed by atoms with van der Waals surface area (Å²) < 4.78 is 1.82. The zero-order valence-corrected chi connectivity index (χ0v) is 8.90. The lowest BCUT2D eigenvalue weighted by Gasteiger charge is -2.22. The molecule has 0 aliphatic heterocycles. The molecular formula is C13H15NO2. The van der Waals surface area contributed by atoms with Gasteiger partial charge in [-0.05, 0) is 17.7 Å². The van der Waals surface area contributed by atoms with E-state index in [1.807, 2.05) is 59.4 Å². The first-order valence-electron chi connectivity index (χ1n) is 5.29.